The zero-order chi connectivity index (χ0) is 14.6. The van der Waals surface area contributed by atoms with Gasteiger partial charge in [0.2, 0.25) is 0 Å². The van der Waals surface area contributed by atoms with E-state index >= 15 is 0 Å². The van der Waals surface area contributed by atoms with Crippen molar-refractivity contribution in [2.24, 2.45) is 0 Å². The molecule has 1 fully saturated rings. The molecule has 1 aliphatic heterocycles. The topological polar surface area (TPSA) is 49.4 Å². The van der Waals surface area contributed by atoms with E-state index in [1.165, 1.54) is 11.1 Å². The Kier molecular flexibility index (Phi) is 5.18. The van der Waals surface area contributed by atoms with E-state index in [-0.39, 0.29) is 6.04 Å². The summed E-state index contributed by atoms with van der Waals surface area (Å²) in [5.41, 5.74) is 2.60. The van der Waals surface area contributed by atoms with Crippen LogP contribution in [0.15, 0.2) is 24.3 Å². The summed E-state index contributed by atoms with van der Waals surface area (Å²) in [7, 11) is -0.683. The lowest BCUT2D eigenvalue weighted by molar-refractivity contribution is 0.318. The number of aryl methyl sites for hydroxylation is 1. The molecule has 5 heteroatoms. The normalized spacial score (nSPS) is 21.4. The van der Waals surface area contributed by atoms with E-state index in [1.54, 1.807) is 0 Å². The van der Waals surface area contributed by atoms with Gasteiger partial charge in [0.15, 0.2) is 9.84 Å². The minimum absolute atomic E-state index is 0.146. The molecule has 1 aliphatic rings. The summed E-state index contributed by atoms with van der Waals surface area (Å²) in [5, 5.41) is 3.34. The number of hydrogen-bond donors (Lipinski definition) is 1. The van der Waals surface area contributed by atoms with Crippen LogP contribution < -0.4 is 5.32 Å². The lowest BCUT2D eigenvalue weighted by atomic mass is 10.1. The lowest BCUT2D eigenvalue weighted by Gasteiger charge is -2.19. The molecule has 1 unspecified atom stereocenters. The van der Waals surface area contributed by atoms with Gasteiger partial charge in [-0.05, 0) is 26.0 Å². The Hall–Kier alpha value is -0.910. The number of nitrogens with zero attached hydrogens (tertiary/aromatic N) is 1. The Morgan fingerprint density at radius 1 is 1.40 bits per heavy atom. The maximum absolute atomic E-state index is 11.4. The SMILES string of the molecule is Cc1cccc(CN(C)CCNC2CCS(=O)(=O)C2)c1. The van der Waals surface area contributed by atoms with Gasteiger partial charge >= 0.3 is 0 Å². The molecular formula is C15H24N2O2S. The van der Waals surface area contributed by atoms with Gasteiger partial charge in [-0.15, -0.1) is 0 Å². The van der Waals surface area contributed by atoms with Crippen molar-refractivity contribution >= 4 is 9.84 Å². The lowest BCUT2D eigenvalue weighted by Crippen LogP contribution is -2.36. The van der Waals surface area contributed by atoms with E-state index in [1.807, 2.05) is 0 Å². The number of benzene rings is 1. The summed E-state index contributed by atoms with van der Waals surface area (Å²) in [6.45, 7) is 4.78. The van der Waals surface area contributed by atoms with Crippen molar-refractivity contribution in [1.29, 1.82) is 0 Å². The molecule has 1 N–H and O–H groups in total. The molecule has 1 atom stereocenters. The van der Waals surface area contributed by atoms with E-state index in [9.17, 15) is 8.42 Å². The molecule has 0 aliphatic carbocycles. The molecule has 1 aromatic carbocycles. The maximum Gasteiger partial charge on any atom is 0.151 e. The van der Waals surface area contributed by atoms with Crippen molar-refractivity contribution in [1.82, 2.24) is 10.2 Å². The first kappa shape index (κ1) is 15.5. The van der Waals surface area contributed by atoms with Crippen LogP contribution in [-0.2, 0) is 16.4 Å². The second-order valence-electron chi connectivity index (χ2n) is 5.78. The summed E-state index contributed by atoms with van der Waals surface area (Å²) in [5.74, 6) is 0.637. The fourth-order valence-corrected chi connectivity index (χ4v) is 4.32. The highest BCUT2D eigenvalue weighted by molar-refractivity contribution is 7.91. The molecule has 0 aromatic heterocycles. The average Bonchev–Trinajstić information content (AvgIpc) is 2.69. The fourth-order valence-electron chi connectivity index (χ4n) is 2.62. The van der Waals surface area contributed by atoms with Gasteiger partial charge in [0.1, 0.15) is 0 Å². The first-order chi connectivity index (χ1) is 9.44. The average molecular weight is 296 g/mol. The van der Waals surface area contributed by atoms with Gasteiger partial charge in [0.05, 0.1) is 11.5 Å². The molecule has 0 spiro atoms. The second kappa shape index (κ2) is 6.70. The summed E-state index contributed by atoms with van der Waals surface area (Å²) >= 11 is 0. The van der Waals surface area contributed by atoms with Crippen LogP contribution in [0.25, 0.3) is 0 Å². The van der Waals surface area contributed by atoms with Crippen molar-refractivity contribution in [2.75, 3.05) is 31.6 Å². The van der Waals surface area contributed by atoms with E-state index < -0.39 is 9.84 Å². The summed E-state index contributed by atoms with van der Waals surface area (Å²) < 4.78 is 22.7. The molecule has 1 saturated heterocycles. The first-order valence-electron chi connectivity index (χ1n) is 7.12. The molecule has 0 radical (unpaired) electrons. The zero-order valence-electron chi connectivity index (χ0n) is 12.3. The van der Waals surface area contributed by atoms with Crippen molar-refractivity contribution in [3.8, 4) is 0 Å². The first-order valence-corrected chi connectivity index (χ1v) is 8.95. The Morgan fingerprint density at radius 3 is 2.85 bits per heavy atom. The summed E-state index contributed by atoms with van der Waals surface area (Å²) in [6, 6.07) is 8.67. The van der Waals surface area contributed by atoms with E-state index in [4.69, 9.17) is 0 Å². The van der Waals surface area contributed by atoms with Gasteiger partial charge in [-0.3, -0.25) is 0 Å². The van der Waals surface area contributed by atoms with Crippen molar-refractivity contribution in [3.05, 3.63) is 35.4 Å². The summed E-state index contributed by atoms with van der Waals surface area (Å²) in [4.78, 5) is 2.26. The molecule has 112 valence electrons. The van der Waals surface area contributed by atoms with Crippen LogP contribution in [0.5, 0.6) is 0 Å². The van der Waals surface area contributed by atoms with Crippen LogP contribution in [0.4, 0.5) is 0 Å². The second-order valence-corrected chi connectivity index (χ2v) is 8.01. The van der Waals surface area contributed by atoms with Gasteiger partial charge in [0, 0.05) is 25.7 Å². The van der Waals surface area contributed by atoms with Gasteiger partial charge in [-0.25, -0.2) is 8.42 Å². The Bertz CT molecular complexity index is 543. The largest absolute Gasteiger partial charge is 0.312 e. The van der Waals surface area contributed by atoms with Crippen LogP contribution in [0.2, 0.25) is 0 Å². The number of likely N-dealkylation sites (N-methyl/N-ethyl adjacent to an activating group) is 1. The smallest absolute Gasteiger partial charge is 0.151 e. The number of sulfone groups is 1. The van der Waals surface area contributed by atoms with Crippen LogP contribution in [0.1, 0.15) is 17.5 Å². The fraction of sp³-hybridized carbons (Fsp3) is 0.600. The highest BCUT2D eigenvalue weighted by Gasteiger charge is 2.27. The monoisotopic (exact) mass is 296 g/mol. The minimum atomic E-state index is -2.78. The molecule has 0 bridgehead atoms. The molecule has 20 heavy (non-hydrogen) atoms. The predicted octanol–water partition coefficient (Wildman–Crippen LogP) is 1.20. The third-order valence-corrected chi connectivity index (χ3v) is 5.46. The van der Waals surface area contributed by atoms with Crippen LogP contribution >= 0.6 is 0 Å². The Balaban J connectivity index is 1.69. The van der Waals surface area contributed by atoms with E-state index in [0.717, 1.165) is 26.1 Å². The predicted molar refractivity (Wildman–Crippen MR) is 82.6 cm³/mol. The van der Waals surface area contributed by atoms with Crippen molar-refractivity contribution < 1.29 is 8.42 Å². The number of hydrogen-bond acceptors (Lipinski definition) is 4. The molecule has 1 heterocycles. The minimum Gasteiger partial charge on any atom is -0.312 e. The highest BCUT2D eigenvalue weighted by atomic mass is 32.2. The maximum atomic E-state index is 11.4. The standard InChI is InChI=1S/C15H24N2O2S/c1-13-4-3-5-14(10-13)11-17(2)8-7-16-15-6-9-20(18,19)12-15/h3-5,10,15-16H,6-9,11-12H2,1-2H3. The molecule has 0 amide bonds. The molecular weight excluding hydrogens is 272 g/mol. The van der Waals surface area contributed by atoms with Gasteiger partial charge in [0.25, 0.3) is 0 Å². The Labute approximate surface area is 122 Å². The summed E-state index contributed by atoms with van der Waals surface area (Å²) in [6.07, 6.45) is 0.754. The van der Waals surface area contributed by atoms with Gasteiger partial charge in [-0.1, -0.05) is 29.8 Å². The van der Waals surface area contributed by atoms with Crippen LogP contribution in [0.3, 0.4) is 0 Å². The molecule has 4 nitrogen and oxygen atoms in total. The van der Waals surface area contributed by atoms with Crippen LogP contribution in [0, 0.1) is 6.92 Å². The quantitative estimate of drug-likeness (QED) is 0.857. The third kappa shape index (κ3) is 4.89. The van der Waals surface area contributed by atoms with Gasteiger partial charge in [-0.2, -0.15) is 0 Å². The highest BCUT2D eigenvalue weighted by Crippen LogP contribution is 2.11. The van der Waals surface area contributed by atoms with E-state index in [2.05, 4.69) is 48.5 Å². The number of rotatable bonds is 6. The Morgan fingerprint density at radius 2 is 2.20 bits per heavy atom. The zero-order valence-corrected chi connectivity index (χ0v) is 13.1. The third-order valence-electron chi connectivity index (χ3n) is 3.69. The van der Waals surface area contributed by atoms with Gasteiger partial charge < -0.3 is 10.2 Å². The van der Waals surface area contributed by atoms with Crippen molar-refractivity contribution in [3.63, 3.8) is 0 Å². The molecule has 0 saturated carbocycles. The van der Waals surface area contributed by atoms with Crippen molar-refractivity contribution in [2.45, 2.75) is 25.9 Å². The van der Waals surface area contributed by atoms with E-state index in [0.29, 0.717) is 11.5 Å². The molecule has 1 aromatic rings. The molecule has 2 rings (SSSR count). The van der Waals surface area contributed by atoms with Crippen LogP contribution in [-0.4, -0.2) is 51.0 Å². The number of nitrogens with one attached hydrogen (secondary N) is 1.